The molecule has 0 aromatic rings. The van der Waals surface area contributed by atoms with E-state index >= 15 is 0 Å². The van der Waals surface area contributed by atoms with Crippen LogP contribution in [0.4, 0.5) is 0 Å². The first-order valence-corrected chi connectivity index (χ1v) is 17.4. The predicted octanol–water partition coefficient (Wildman–Crippen LogP) is -6.96. The zero-order valence-corrected chi connectivity index (χ0v) is 31.2. The Morgan fingerprint density at radius 3 is 1.03 bits per heavy atom. The van der Waals surface area contributed by atoms with Gasteiger partial charge in [0.25, 0.3) is 0 Å². The second kappa shape index (κ2) is 26.7. The molecule has 0 aromatic heterocycles. The fraction of sp³-hybridized carbons (Fsp3) is 0.600. The zero-order valence-electron chi connectivity index (χ0n) is 31.2. The Morgan fingerprint density at radius 1 is 0.431 bits per heavy atom. The Labute approximate surface area is 330 Å². The van der Waals surface area contributed by atoms with E-state index in [1.165, 1.54) is 0 Å². The topological polar surface area (TPSA) is 506 Å². The van der Waals surface area contributed by atoms with Gasteiger partial charge in [-0.1, -0.05) is 0 Å². The third kappa shape index (κ3) is 23.0. The molecule has 23 N–H and O–H groups in total. The number of nitrogens with one attached hydrogen (secondary N) is 11. The SMILES string of the molecule is N=C(N)NCCC[C@H](NC(=O)[C@H](CC(=O)O)NC(=O)[C@H](CCCNC(=N)N)NC(=O)[C@H](CC(=O)O)NC(=O)[C@@H](N)CCCNC(=N)N)C(=O)N[C@@H](CC(=O)O)C(=O)O. The number of carboxylic acids is 4. The molecule has 0 spiro atoms. The van der Waals surface area contributed by atoms with E-state index in [1.54, 1.807) is 0 Å². The number of aliphatic carboxylic acids is 4. The Bertz CT molecular complexity index is 1530. The number of nitrogens with two attached hydrogens (primary N) is 4. The highest BCUT2D eigenvalue weighted by molar-refractivity contribution is 5.98. The summed E-state index contributed by atoms with van der Waals surface area (Å²) in [5.74, 6) is -13.6. The van der Waals surface area contributed by atoms with Crippen molar-refractivity contribution >= 4 is 71.3 Å². The van der Waals surface area contributed by atoms with Gasteiger partial charge >= 0.3 is 23.9 Å². The maximum absolute atomic E-state index is 13.6. The van der Waals surface area contributed by atoms with Gasteiger partial charge in [0, 0.05) is 19.6 Å². The lowest BCUT2D eigenvalue weighted by molar-refractivity contribution is -0.147. The van der Waals surface area contributed by atoms with Crippen LogP contribution in [0.25, 0.3) is 0 Å². The number of hydrogen-bond donors (Lipinski definition) is 19. The summed E-state index contributed by atoms with van der Waals surface area (Å²) in [5.41, 5.74) is 21.6. The third-order valence-corrected chi connectivity index (χ3v) is 7.60. The molecule has 0 fully saturated rings. The van der Waals surface area contributed by atoms with Crippen LogP contribution in [0, 0.1) is 16.2 Å². The van der Waals surface area contributed by atoms with Gasteiger partial charge < -0.3 is 85.9 Å². The predicted molar refractivity (Wildman–Crippen MR) is 199 cm³/mol. The Hall–Kier alpha value is -7.00. The fourth-order valence-corrected chi connectivity index (χ4v) is 4.78. The van der Waals surface area contributed by atoms with Crippen molar-refractivity contribution in [3.8, 4) is 0 Å². The summed E-state index contributed by atoms with van der Waals surface area (Å²) in [4.78, 5) is 112. The van der Waals surface area contributed by atoms with Gasteiger partial charge in [0.1, 0.15) is 30.2 Å². The van der Waals surface area contributed by atoms with E-state index in [1.807, 2.05) is 5.32 Å². The molecule has 58 heavy (non-hydrogen) atoms. The molecule has 0 aliphatic carbocycles. The average molecular weight is 832 g/mol. The van der Waals surface area contributed by atoms with Crippen molar-refractivity contribution < 1.29 is 63.6 Å². The molecular formula is C30H53N15O13. The van der Waals surface area contributed by atoms with Gasteiger partial charge in [0.15, 0.2) is 17.9 Å². The first-order valence-electron chi connectivity index (χ1n) is 17.4. The average Bonchev–Trinajstić information content (AvgIpc) is 3.10. The molecule has 0 saturated carbocycles. The summed E-state index contributed by atoms with van der Waals surface area (Å²) in [6.07, 6.45) is -3.50. The molecule has 0 aliphatic heterocycles. The second-order valence-corrected chi connectivity index (χ2v) is 12.5. The molecular weight excluding hydrogens is 778 g/mol. The minimum atomic E-state index is -1.98. The van der Waals surface area contributed by atoms with E-state index in [4.69, 9.17) is 44.3 Å². The lowest BCUT2D eigenvalue weighted by Gasteiger charge is -2.26. The summed E-state index contributed by atoms with van der Waals surface area (Å²) >= 11 is 0. The smallest absolute Gasteiger partial charge is 0.326 e. The fourth-order valence-electron chi connectivity index (χ4n) is 4.78. The molecule has 0 radical (unpaired) electrons. The largest absolute Gasteiger partial charge is 0.481 e. The maximum atomic E-state index is 13.6. The van der Waals surface area contributed by atoms with Crippen molar-refractivity contribution in [2.75, 3.05) is 19.6 Å². The van der Waals surface area contributed by atoms with Crippen LogP contribution in [0.2, 0.25) is 0 Å². The van der Waals surface area contributed by atoms with Gasteiger partial charge in [-0.25, -0.2) is 4.79 Å². The van der Waals surface area contributed by atoms with Gasteiger partial charge in [0.2, 0.25) is 29.5 Å². The highest BCUT2D eigenvalue weighted by Crippen LogP contribution is 2.07. The first-order chi connectivity index (χ1) is 27.0. The summed E-state index contributed by atoms with van der Waals surface area (Å²) in [6.45, 7) is 0.108. The van der Waals surface area contributed by atoms with E-state index < -0.39 is 121 Å². The third-order valence-electron chi connectivity index (χ3n) is 7.60. The molecule has 0 unspecified atom stereocenters. The number of amides is 5. The molecule has 0 aliphatic rings. The number of guanidine groups is 3. The van der Waals surface area contributed by atoms with E-state index in [-0.39, 0.29) is 64.1 Å². The first kappa shape index (κ1) is 51.0. The van der Waals surface area contributed by atoms with Crippen molar-refractivity contribution in [2.24, 2.45) is 22.9 Å². The molecule has 5 amide bonds. The zero-order chi connectivity index (χ0) is 44.5. The molecule has 0 bridgehead atoms. The van der Waals surface area contributed by atoms with Crippen molar-refractivity contribution in [2.45, 2.75) is 94.0 Å². The molecule has 326 valence electrons. The molecule has 28 heteroatoms. The van der Waals surface area contributed by atoms with Crippen molar-refractivity contribution in [1.29, 1.82) is 16.2 Å². The van der Waals surface area contributed by atoms with Gasteiger partial charge in [-0.05, 0) is 38.5 Å². The number of hydrogen-bond acceptors (Lipinski definition) is 13. The van der Waals surface area contributed by atoms with E-state index in [2.05, 4.69) is 37.2 Å². The molecule has 0 heterocycles. The number of carboxylic acid groups (broad SMARTS) is 4. The van der Waals surface area contributed by atoms with Crippen LogP contribution < -0.4 is 65.5 Å². The number of carbonyl (C=O) groups is 9. The Balaban J connectivity index is 6.37. The minimum absolute atomic E-state index is 0.0109. The minimum Gasteiger partial charge on any atom is -0.481 e. The standard InChI is InChI=1S/C30H53N15O13/c31-13(4-1-7-38-28(32)33)22(52)43-16(10-19(46)47)25(55)41-14(5-2-8-39-29(34)35)23(53)44-17(11-20(48)49)26(56)42-15(6-3-9-40-30(36)37)24(54)45-18(27(57)58)12-21(50)51/h13-18H,1-12,31H2,(H,41,55)(H,42,56)(H,43,52)(H,44,53)(H,45,54)(H,46,47)(H,48,49)(H,50,51)(H,57,58)(H4,32,33,38)(H4,34,35,39)(H4,36,37,40)/t13-,14-,15-,16-,17-,18-/m0/s1. The maximum Gasteiger partial charge on any atom is 0.326 e. The highest BCUT2D eigenvalue weighted by atomic mass is 16.4. The summed E-state index contributed by atoms with van der Waals surface area (Å²) in [6, 6.07) is -10.3. The van der Waals surface area contributed by atoms with E-state index in [9.17, 15) is 58.5 Å². The van der Waals surface area contributed by atoms with Gasteiger partial charge in [-0.15, -0.1) is 0 Å². The molecule has 0 saturated heterocycles. The van der Waals surface area contributed by atoms with Crippen LogP contribution in [-0.2, 0) is 43.2 Å². The normalized spacial score (nSPS) is 13.6. The van der Waals surface area contributed by atoms with Crippen LogP contribution in [0.1, 0.15) is 57.8 Å². The van der Waals surface area contributed by atoms with Crippen LogP contribution in [0.3, 0.4) is 0 Å². The second-order valence-electron chi connectivity index (χ2n) is 12.5. The van der Waals surface area contributed by atoms with Crippen molar-refractivity contribution in [3.63, 3.8) is 0 Å². The van der Waals surface area contributed by atoms with Crippen molar-refractivity contribution in [3.05, 3.63) is 0 Å². The molecule has 0 aromatic carbocycles. The van der Waals surface area contributed by atoms with E-state index in [0.29, 0.717) is 0 Å². The van der Waals surface area contributed by atoms with Crippen LogP contribution in [-0.4, -0.2) is 148 Å². The summed E-state index contributed by atoms with van der Waals surface area (Å²) < 4.78 is 0. The molecule has 6 atom stereocenters. The lowest BCUT2D eigenvalue weighted by atomic mass is 10.1. The van der Waals surface area contributed by atoms with Crippen molar-refractivity contribution in [1.82, 2.24) is 42.5 Å². The van der Waals surface area contributed by atoms with Crippen LogP contribution in [0.5, 0.6) is 0 Å². The monoisotopic (exact) mass is 831 g/mol. The number of rotatable bonds is 29. The highest BCUT2D eigenvalue weighted by Gasteiger charge is 2.34. The Morgan fingerprint density at radius 2 is 0.707 bits per heavy atom. The van der Waals surface area contributed by atoms with Crippen LogP contribution >= 0.6 is 0 Å². The van der Waals surface area contributed by atoms with Gasteiger partial charge in [0.05, 0.1) is 25.3 Å². The summed E-state index contributed by atoms with van der Waals surface area (Å²) in [5, 5.41) is 77.3. The molecule has 0 rings (SSSR count). The van der Waals surface area contributed by atoms with E-state index in [0.717, 1.165) is 0 Å². The van der Waals surface area contributed by atoms with Crippen LogP contribution in [0.15, 0.2) is 0 Å². The summed E-state index contributed by atoms with van der Waals surface area (Å²) in [7, 11) is 0. The van der Waals surface area contributed by atoms with Gasteiger partial charge in [-0.3, -0.25) is 54.6 Å². The quantitative estimate of drug-likeness (QED) is 0.0189. The number of carbonyl (C=O) groups excluding carboxylic acids is 5. The lowest BCUT2D eigenvalue weighted by Crippen LogP contribution is -2.59. The Kier molecular flexibility index (Phi) is 23.5. The molecule has 28 nitrogen and oxygen atoms in total. The van der Waals surface area contributed by atoms with Gasteiger partial charge in [-0.2, -0.15) is 0 Å².